The van der Waals surface area contributed by atoms with Gasteiger partial charge in [0, 0.05) is 42.7 Å². The number of esters is 2. The SMILES string of the molecule is COc1cc([C@@H]2C(C(=O)OCCc3ccccc3)=C(C)NC3=C2C(=O)CC(C)(C)C3)ccc1OC(C)=O. The smallest absolute Gasteiger partial charge is 0.336 e. The third-order valence-electron chi connectivity index (χ3n) is 6.70. The number of carbonyl (C=O) groups excluding carboxylic acids is 3. The first-order valence-corrected chi connectivity index (χ1v) is 12.4. The zero-order valence-corrected chi connectivity index (χ0v) is 22.0. The highest BCUT2D eigenvalue weighted by Gasteiger charge is 2.43. The summed E-state index contributed by atoms with van der Waals surface area (Å²) >= 11 is 0. The summed E-state index contributed by atoms with van der Waals surface area (Å²) in [6.07, 6.45) is 1.64. The molecule has 4 rings (SSSR count). The number of dihydropyridines is 1. The molecule has 2 aromatic rings. The Morgan fingerprint density at radius 1 is 1.05 bits per heavy atom. The Morgan fingerprint density at radius 2 is 1.78 bits per heavy atom. The number of carbonyl (C=O) groups is 3. The molecular formula is C30H33NO6. The van der Waals surface area contributed by atoms with E-state index in [1.165, 1.54) is 14.0 Å². The predicted molar refractivity (Wildman–Crippen MR) is 139 cm³/mol. The molecule has 0 bridgehead atoms. The van der Waals surface area contributed by atoms with Gasteiger partial charge in [0.1, 0.15) is 0 Å². The Kier molecular flexibility index (Phi) is 7.52. The van der Waals surface area contributed by atoms with E-state index in [1.807, 2.05) is 37.3 Å². The molecule has 0 saturated carbocycles. The van der Waals surface area contributed by atoms with E-state index in [0.29, 0.717) is 47.4 Å². The Balaban J connectivity index is 1.72. The summed E-state index contributed by atoms with van der Waals surface area (Å²) in [5.41, 5.74) is 4.00. The average Bonchev–Trinajstić information content (AvgIpc) is 2.83. The molecule has 7 nitrogen and oxygen atoms in total. The van der Waals surface area contributed by atoms with Crippen molar-refractivity contribution in [1.29, 1.82) is 0 Å². The van der Waals surface area contributed by atoms with E-state index in [1.54, 1.807) is 18.2 Å². The van der Waals surface area contributed by atoms with E-state index in [-0.39, 0.29) is 23.6 Å². The van der Waals surface area contributed by atoms with Crippen molar-refractivity contribution in [2.45, 2.75) is 52.9 Å². The molecule has 0 amide bonds. The highest BCUT2D eigenvalue weighted by Crippen LogP contribution is 2.47. The highest BCUT2D eigenvalue weighted by molar-refractivity contribution is 6.04. The van der Waals surface area contributed by atoms with Gasteiger partial charge in [0.15, 0.2) is 17.3 Å². The number of rotatable bonds is 7. The van der Waals surface area contributed by atoms with Crippen LogP contribution in [-0.4, -0.2) is 31.4 Å². The fourth-order valence-electron chi connectivity index (χ4n) is 5.13. The van der Waals surface area contributed by atoms with E-state index in [9.17, 15) is 14.4 Å². The second-order valence-corrected chi connectivity index (χ2v) is 10.3. The van der Waals surface area contributed by atoms with Gasteiger partial charge >= 0.3 is 11.9 Å². The van der Waals surface area contributed by atoms with Crippen molar-refractivity contribution in [2.24, 2.45) is 5.41 Å². The van der Waals surface area contributed by atoms with Crippen LogP contribution in [0.25, 0.3) is 0 Å². The summed E-state index contributed by atoms with van der Waals surface area (Å²) in [6, 6.07) is 14.9. The molecule has 2 aromatic carbocycles. The molecule has 1 N–H and O–H groups in total. The Morgan fingerprint density at radius 3 is 2.46 bits per heavy atom. The van der Waals surface area contributed by atoms with Crippen LogP contribution < -0.4 is 14.8 Å². The summed E-state index contributed by atoms with van der Waals surface area (Å²) in [5.74, 6) is -0.977. The van der Waals surface area contributed by atoms with Crippen molar-refractivity contribution in [3.8, 4) is 11.5 Å². The number of benzene rings is 2. The lowest BCUT2D eigenvalue weighted by molar-refractivity contribution is -0.139. The molecule has 0 unspecified atom stereocenters. The Bertz CT molecular complexity index is 1290. The second kappa shape index (κ2) is 10.6. The monoisotopic (exact) mass is 503 g/mol. The lowest BCUT2D eigenvalue weighted by atomic mass is 9.68. The molecule has 0 radical (unpaired) electrons. The van der Waals surface area contributed by atoms with Crippen molar-refractivity contribution in [3.63, 3.8) is 0 Å². The third kappa shape index (κ3) is 5.77. The number of ether oxygens (including phenoxy) is 3. The second-order valence-electron chi connectivity index (χ2n) is 10.3. The fraction of sp³-hybridized carbons (Fsp3) is 0.367. The molecular weight excluding hydrogens is 470 g/mol. The molecule has 2 aliphatic rings. The van der Waals surface area contributed by atoms with Crippen molar-refractivity contribution in [2.75, 3.05) is 13.7 Å². The van der Waals surface area contributed by atoms with Crippen molar-refractivity contribution in [3.05, 3.63) is 82.2 Å². The molecule has 0 spiro atoms. The number of Topliss-reactive ketones (excluding diaryl/α,β-unsaturated/α-hetero) is 1. The zero-order valence-electron chi connectivity index (χ0n) is 22.0. The number of ketones is 1. The van der Waals surface area contributed by atoms with Gasteiger partial charge in [0.05, 0.1) is 19.3 Å². The quantitative estimate of drug-likeness (QED) is 0.420. The van der Waals surface area contributed by atoms with Crippen LogP contribution in [0.1, 0.15) is 57.6 Å². The van der Waals surface area contributed by atoms with Gasteiger partial charge in [0.25, 0.3) is 0 Å². The Hall–Kier alpha value is -3.87. The number of allylic oxidation sites excluding steroid dienone is 3. The van der Waals surface area contributed by atoms with Gasteiger partial charge in [-0.3, -0.25) is 9.59 Å². The molecule has 0 saturated heterocycles. The van der Waals surface area contributed by atoms with Crippen molar-refractivity contribution >= 4 is 17.7 Å². The summed E-state index contributed by atoms with van der Waals surface area (Å²) in [7, 11) is 1.48. The number of methoxy groups -OCH3 is 1. The molecule has 1 atom stereocenters. The lowest BCUT2D eigenvalue weighted by Gasteiger charge is -2.39. The molecule has 7 heteroatoms. The number of nitrogens with one attached hydrogen (secondary N) is 1. The van der Waals surface area contributed by atoms with Gasteiger partial charge in [-0.1, -0.05) is 50.2 Å². The van der Waals surface area contributed by atoms with Crippen LogP contribution in [0.4, 0.5) is 0 Å². The van der Waals surface area contributed by atoms with Crippen LogP contribution >= 0.6 is 0 Å². The third-order valence-corrected chi connectivity index (χ3v) is 6.70. The van der Waals surface area contributed by atoms with Gasteiger partial charge in [-0.15, -0.1) is 0 Å². The molecule has 1 aliphatic heterocycles. The molecule has 194 valence electrons. The predicted octanol–water partition coefficient (Wildman–Crippen LogP) is 5.01. The Labute approximate surface area is 217 Å². The van der Waals surface area contributed by atoms with Gasteiger partial charge in [-0.2, -0.15) is 0 Å². The number of hydrogen-bond donors (Lipinski definition) is 1. The maximum absolute atomic E-state index is 13.5. The van der Waals surface area contributed by atoms with Crippen molar-refractivity contribution in [1.82, 2.24) is 5.32 Å². The molecule has 1 heterocycles. The summed E-state index contributed by atoms with van der Waals surface area (Å²) < 4.78 is 16.5. The molecule has 1 aliphatic carbocycles. The summed E-state index contributed by atoms with van der Waals surface area (Å²) in [5, 5.41) is 3.35. The maximum Gasteiger partial charge on any atom is 0.336 e. The zero-order chi connectivity index (χ0) is 26.7. The fourth-order valence-corrected chi connectivity index (χ4v) is 5.13. The lowest BCUT2D eigenvalue weighted by Crippen LogP contribution is -2.38. The van der Waals surface area contributed by atoms with E-state index >= 15 is 0 Å². The van der Waals surface area contributed by atoms with Crippen molar-refractivity contribution < 1.29 is 28.6 Å². The van der Waals surface area contributed by atoms with Crippen LogP contribution in [0.2, 0.25) is 0 Å². The maximum atomic E-state index is 13.5. The van der Waals surface area contributed by atoms with Crippen LogP contribution in [-0.2, 0) is 25.5 Å². The standard InChI is InChI=1S/C30H33NO6/c1-18-26(29(34)36-14-13-20-9-7-6-8-10-20)27(28-22(31-18)16-30(3,4)17-23(28)33)21-11-12-24(37-19(2)32)25(15-21)35-5/h6-12,15,27,31H,13-14,16-17H2,1-5H3/t27-/m1/s1. The van der Waals surface area contributed by atoms with Gasteiger partial charge < -0.3 is 19.5 Å². The van der Waals surface area contributed by atoms with Gasteiger partial charge in [-0.25, -0.2) is 4.79 Å². The first-order chi connectivity index (χ1) is 17.6. The van der Waals surface area contributed by atoms with E-state index in [0.717, 1.165) is 11.3 Å². The van der Waals surface area contributed by atoms with Crippen LogP contribution in [0.5, 0.6) is 11.5 Å². The van der Waals surface area contributed by atoms with Crippen LogP contribution in [0.3, 0.4) is 0 Å². The topological polar surface area (TPSA) is 90.9 Å². The largest absolute Gasteiger partial charge is 0.493 e. The minimum absolute atomic E-state index is 0.00568. The van der Waals surface area contributed by atoms with Crippen LogP contribution in [0.15, 0.2) is 71.1 Å². The normalized spacial score (nSPS) is 18.6. The molecule has 37 heavy (non-hydrogen) atoms. The van der Waals surface area contributed by atoms with E-state index < -0.39 is 17.9 Å². The van der Waals surface area contributed by atoms with E-state index in [2.05, 4.69) is 19.2 Å². The van der Waals surface area contributed by atoms with E-state index in [4.69, 9.17) is 14.2 Å². The summed E-state index contributed by atoms with van der Waals surface area (Å²) in [6.45, 7) is 7.49. The average molecular weight is 504 g/mol. The minimum atomic E-state index is -0.635. The van der Waals surface area contributed by atoms with Gasteiger partial charge in [0.2, 0.25) is 0 Å². The first kappa shape index (κ1) is 26.2. The van der Waals surface area contributed by atoms with Crippen LogP contribution in [0, 0.1) is 5.41 Å². The number of hydrogen-bond acceptors (Lipinski definition) is 7. The first-order valence-electron chi connectivity index (χ1n) is 12.4. The summed E-state index contributed by atoms with van der Waals surface area (Å²) in [4.78, 5) is 38.5. The molecule has 0 fully saturated rings. The molecule has 0 aromatic heterocycles. The minimum Gasteiger partial charge on any atom is -0.493 e. The highest BCUT2D eigenvalue weighted by atomic mass is 16.6. The van der Waals surface area contributed by atoms with Gasteiger partial charge in [-0.05, 0) is 42.0 Å².